The van der Waals surface area contributed by atoms with Gasteiger partial charge < -0.3 is 5.32 Å². The minimum absolute atomic E-state index is 0.785. The van der Waals surface area contributed by atoms with E-state index in [1.54, 1.807) is 5.57 Å². The summed E-state index contributed by atoms with van der Waals surface area (Å²) in [7, 11) is 0. The van der Waals surface area contributed by atoms with Crippen LogP contribution in [0.5, 0.6) is 0 Å². The normalized spacial score (nSPS) is 36.4. The minimum Gasteiger partial charge on any atom is -0.313 e. The molecule has 0 aromatic heterocycles. The molecule has 0 spiro atoms. The van der Waals surface area contributed by atoms with Crippen LogP contribution in [-0.4, -0.2) is 12.6 Å². The summed E-state index contributed by atoms with van der Waals surface area (Å²) in [6.45, 7) is 10.7. The Kier molecular flexibility index (Phi) is 5.50. The monoisotopic (exact) mass is 263 g/mol. The largest absolute Gasteiger partial charge is 0.313 e. The first-order chi connectivity index (χ1) is 9.06. The van der Waals surface area contributed by atoms with Gasteiger partial charge in [0.25, 0.3) is 0 Å². The van der Waals surface area contributed by atoms with Gasteiger partial charge in [-0.3, -0.25) is 0 Å². The average Bonchev–Trinajstić information content (AvgIpc) is 2.35. The van der Waals surface area contributed by atoms with Crippen LogP contribution in [0.2, 0.25) is 0 Å². The second-order valence-electron chi connectivity index (χ2n) is 7.50. The molecule has 1 N–H and O–H groups in total. The second kappa shape index (κ2) is 6.92. The third kappa shape index (κ3) is 4.34. The molecular formula is C18H33N. The maximum Gasteiger partial charge on any atom is 0.00978 e. The molecule has 2 aliphatic rings. The molecule has 0 amide bonds. The molecule has 19 heavy (non-hydrogen) atoms. The van der Waals surface area contributed by atoms with Crippen molar-refractivity contribution in [3.63, 3.8) is 0 Å². The van der Waals surface area contributed by atoms with E-state index >= 15 is 0 Å². The molecule has 0 heterocycles. The van der Waals surface area contributed by atoms with Gasteiger partial charge in [-0.15, -0.1) is 0 Å². The highest BCUT2D eigenvalue weighted by Gasteiger charge is 2.28. The van der Waals surface area contributed by atoms with Crippen molar-refractivity contribution in [3.05, 3.63) is 11.6 Å². The standard InChI is InChI=1S/C18H33N/c1-13(2)17-7-5-6-8-18(17)19-12-16-10-14(3)9-15(4)11-16/h9,13-14,16-19H,5-8,10-12H2,1-4H3. The van der Waals surface area contributed by atoms with Crippen LogP contribution in [0, 0.1) is 23.7 Å². The van der Waals surface area contributed by atoms with Gasteiger partial charge in [-0.1, -0.05) is 45.3 Å². The Hall–Kier alpha value is -0.300. The number of nitrogens with one attached hydrogen (secondary N) is 1. The molecule has 1 heteroatoms. The zero-order valence-electron chi connectivity index (χ0n) is 13.4. The first kappa shape index (κ1) is 15.1. The van der Waals surface area contributed by atoms with E-state index in [9.17, 15) is 0 Å². The number of rotatable bonds is 4. The molecule has 1 saturated carbocycles. The van der Waals surface area contributed by atoms with Gasteiger partial charge in [-0.25, -0.2) is 0 Å². The van der Waals surface area contributed by atoms with Gasteiger partial charge in [0.15, 0.2) is 0 Å². The Bertz CT molecular complexity index is 305. The topological polar surface area (TPSA) is 12.0 Å². The van der Waals surface area contributed by atoms with Crippen molar-refractivity contribution in [3.8, 4) is 0 Å². The Balaban J connectivity index is 1.82. The lowest BCUT2D eigenvalue weighted by Crippen LogP contribution is -2.43. The summed E-state index contributed by atoms with van der Waals surface area (Å²) in [4.78, 5) is 0. The predicted octanol–water partition coefficient (Wildman–Crippen LogP) is 4.78. The summed E-state index contributed by atoms with van der Waals surface area (Å²) in [6, 6.07) is 0.787. The van der Waals surface area contributed by atoms with E-state index in [4.69, 9.17) is 0 Å². The van der Waals surface area contributed by atoms with Gasteiger partial charge in [0.05, 0.1) is 0 Å². The van der Waals surface area contributed by atoms with E-state index in [0.29, 0.717) is 0 Å². The van der Waals surface area contributed by atoms with Crippen molar-refractivity contribution < 1.29 is 0 Å². The van der Waals surface area contributed by atoms with Crippen LogP contribution < -0.4 is 5.32 Å². The highest BCUT2D eigenvalue weighted by atomic mass is 14.9. The molecule has 1 fully saturated rings. The fraction of sp³-hybridized carbons (Fsp3) is 0.889. The highest BCUT2D eigenvalue weighted by Crippen LogP contribution is 2.31. The first-order valence-electron chi connectivity index (χ1n) is 8.47. The molecule has 1 nitrogen and oxygen atoms in total. The van der Waals surface area contributed by atoms with Gasteiger partial charge in [0.1, 0.15) is 0 Å². The van der Waals surface area contributed by atoms with Gasteiger partial charge >= 0.3 is 0 Å². The molecule has 0 radical (unpaired) electrons. The Labute approximate surface area is 120 Å². The highest BCUT2D eigenvalue weighted by molar-refractivity contribution is 5.06. The third-order valence-electron chi connectivity index (χ3n) is 5.23. The molecule has 0 saturated heterocycles. The van der Waals surface area contributed by atoms with E-state index in [2.05, 4.69) is 39.1 Å². The van der Waals surface area contributed by atoms with Crippen LogP contribution in [0.4, 0.5) is 0 Å². The third-order valence-corrected chi connectivity index (χ3v) is 5.23. The summed E-state index contributed by atoms with van der Waals surface area (Å²) >= 11 is 0. The van der Waals surface area contributed by atoms with Crippen molar-refractivity contribution in [1.29, 1.82) is 0 Å². The fourth-order valence-corrected chi connectivity index (χ4v) is 4.37. The minimum atomic E-state index is 0.785. The Morgan fingerprint density at radius 1 is 1.26 bits per heavy atom. The maximum atomic E-state index is 3.94. The van der Waals surface area contributed by atoms with Crippen LogP contribution in [0.1, 0.15) is 66.2 Å². The van der Waals surface area contributed by atoms with Crippen molar-refractivity contribution in [2.24, 2.45) is 23.7 Å². The number of hydrogen-bond donors (Lipinski definition) is 1. The molecule has 0 aromatic rings. The molecule has 2 aliphatic carbocycles. The Morgan fingerprint density at radius 2 is 2.00 bits per heavy atom. The summed E-state index contributed by atoms with van der Waals surface area (Å²) in [5.74, 6) is 3.40. The Morgan fingerprint density at radius 3 is 2.68 bits per heavy atom. The molecule has 4 atom stereocenters. The van der Waals surface area contributed by atoms with Crippen molar-refractivity contribution >= 4 is 0 Å². The zero-order valence-corrected chi connectivity index (χ0v) is 13.4. The quantitative estimate of drug-likeness (QED) is 0.720. The van der Waals surface area contributed by atoms with Crippen LogP contribution >= 0.6 is 0 Å². The molecule has 110 valence electrons. The molecule has 0 aromatic carbocycles. The predicted molar refractivity (Wildman–Crippen MR) is 84.2 cm³/mol. The maximum absolute atomic E-state index is 3.94. The van der Waals surface area contributed by atoms with Crippen LogP contribution in [0.25, 0.3) is 0 Å². The smallest absolute Gasteiger partial charge is 0.00978 e. The van der Waals surface area contributed by atoms with E-state index in [0.717, 1.165) is 29.7 Å². The van der Waals surface area contributed by atoms with E-state index in [1.165, 1.54) is 45.1 Å². The molecule has 0 bridgehead atoms. The lowest BCUT2D eigenvalue weighted by molar-refractivity contribution is 0.196. The van der Waals surface area contributed by atoms with E-state index in [-0.39, 0.29) is 0 Å². The molecular weight excluding hydrogens is 230 g/mol. The second-order valence-corrected chi connectivity index (χ2v) is 7.50. The molecule has 0 aliphatic heterocycles. The van der Waals surface area contributed by atoms with Crippen LogP contribution in [-0.2, 0) is 0 Å². The van der Waals surface area contributed by atoms with Gasteiger partial charge in [-0.05, 0) is 62.8 Å². The lowest BCUT2D eigenvalue weighted by atomic mass is 9.77. The van der Waals surface area contributed by atoms with E-state index in [1.807, 2.05) is 0 Å². The summed E-state index contributed by atoms with van der Waals surface area (Å²) in [5.41, 5.74) is 1.61. The van der Waals surface area contributed by atoms with Crippen molar-refractivity contribution in [2.45, 2.75) is 72.3 Å². The van der Waals surface area contributed by atoms with Crippen LogP contribution in [0.15, 0.2) is 11.6 Å². The van der Waals surface area contributed by atoms with Gasteiger partial charge in [0, 0.05) is 6.04 Å². The average molecular weight is 263 g/mol. The molecule has 2 rings (SSSR count). The number of hydrogen-bond acceptors (Lipinski definition) is 1. The first-order valence-corrected chi connectivity index (χ1v) is 8.47. The number of allylic oxidation sites excluding steroid dienone is 2. The van der Waals surface area contributed by atoms with Crippen molar-refractivity contribution in [2.75, 3.05) is 6.54 Å². The van der Waals surface area contributed by atoms with Gasteiger partial charge in [-0.2, -0.15) is 0 Å². The fourth-order valence-electron chi connectivity index (χ4n) is 4.37. The summed E-state index contributed by atoms with van der Waals surface area (Å²) in [5, 5.41) is 3.94. The van der Waals surface area contributed by atoms with Crippen molar-refractivity contribution in [1.82, 2.24) is 5.32 Å². The van der Waals surface area contributed by atoms with E-state index < -0.39 is 0 Å². The summed E-state index contributed by atoms with van der Waals surface area (Å²) < 4.78 is 0. The lowest BCUT2D eigenvalue weighted by Gasteiger charge is -2.36. The summed E-state index contributed by atoms with van der Waals surface area (Å²) in [6.07, 6.45) is 10.9. The van der Waals surface area contributed by atoms with Gasteiger partial charge in [0.2, 0.25) is 0 Å². The molecule has 4 unspecified atom stereocenters. The zero-order chi connectivity index (χ0) is 13.8. The SMILES string of the molecule is CC1=CC(C)CC(CNC2CCCCC2C(C)C)C1. The van der Waals surface area contributed by atoms with Crippen LogP contribution in [0.3, 0.4) is 0 Å².